The Morgan fingerprint density at radius 1 is 1.21 bits per heavy atom. The van der Waals surface area contributed by atoms with Crippen molar-refractivity contribution in [1.29, 1.82) is 0 Å². The summed E-state index contributed by atoms with van der Waals surface area (Å²) in [6.07, 6.45) is -4.80. The molecule has 4 nitrogen and oxygen atoms in total. The van der Waals surface area contributed by atoms with Crippen LogP contribution >= 0.6 is 0 Å². The summed E-state index contributed by atoms with van der Waals surface area (Å²) in [7, 11) is 0. The molecule has 1 aromatic carbocycles. The number of benzene rings is 1. The van der Waals surface area contributed by atoms with Crippen LogP contribution in [0.1, 0.15) is 38.8 Å². The van der Waals surface area contributed by atoms with Crippen LogP contribution < -0.4 is 5.32 Å². The number of carbonyl (C=O) groups excluding carboxylic acids is 1. The average molecular weight is 346 g/mol. The van der Waals surface area contributed by atoms with Gasteiger partial charge in [-0.05, 0) is 39.3 Å². The van der Waals surface area contributed by atoms with Crippen molar-refractivity contribution in [1.82, 2.24) is 10.2 Å². The smallest absolute Gasteiger partial charge is 0.416 e. The third-order valence-corrected chi connectivity index (χ3v) is 3.23. The van der Waals surface area contributed by atoms with Crippen molar-refractivity contribution in [2.75, 3.05) is 19.6 Å². The fourth-order valence-corrected chi connectivity index (χ4v) is 2.09. The second-order valence-electron chi connectivity index (χ2n) is 6.39. The molecule has 0 aromatic heterocycles. The first-order valence-electron chi connectivity index (χ1n) is 7.88. The summed E-state index contributed by atoms with van der Waals surface area (Å²) >= 11 is 0. The molecule has 0 saturated heterocycles. The number of likely N-dealkylation sites (N-methyl/N-ethyl adjacent to an activating group) is 1. The van der Waals surface area contributed by atoms with E-state index in [1.165, 1.54) is 17.0 Å². The minimum Gasteiger partial charge on any atom is -0.444 e. The van der Waals surface area contributed by atoms with Crippen molar-refractivity contribution in [3.8, 4) is 0 Å². The van der Waals surface area contributed by atoms with E-state index in [1.54, 1.807) is 26.8 Å². The molecule has 0 bridgehead atoms. The molecule has 0 spiro atoms. The molecule has 0 fully saturated rings. The number of rotatable bonds is 6. The molecule has 1 N–H and O–H groups in total. The number of carbonyl (C=O) groups is 1. The van der Waals surface area contributed by atoms with Crippen molar-refractivity contribution in [2.24, 2.45) is 0 Å². The Kier molecular flexibility index (Phi) is 7.08. The molecule has 0 aliphatic rings. The van der Waals surface area contributed by atoms with Crippen LogP contribution in [0.3, 0.4) is 0 Å². The predicted octanol–water partition coefficient (Wildman–Crippen LogP) is 4.05. The van der Waals surface area contributed by atoms with E-state index in [1.807, 2.05) is 6.92 Å². The minimum atomic E-state index is -4.37. The molecule has 0 heterocycles. The Morgan fingerprint density at radius 2 is 1.83 bits per heavy atom. The molecule has 0 aliphatic carbocycles. The molecule has 0 atom stereocenters. The van der Waals surface area contributed by atoms with Gasteiger partial charge < -0.3 is 15.0 Å². The van der Waals surface area contributed by atoms with E-state index in [0.29, 0.717) is 19.6 Å². The first kappa shape index (κ1) is 20.3. The third-order valence-electron chi connectivity index (χ3n) is 3.23. The highest BCUT2D eigenvalue weighted by atomic mass is 19.4. The fourth-order valence-electron chi connectivity index (χ4n) is 2.09. The molecular weight excluding hydrogens is 321 g/mol. The first-order valence-corrected chi connectivity index (χ1v) is 7.88. The highest BCUT2D eigenvalue weighted by molar-refractivity contribution is 5.68. The minimum absolute atomic E-state index is 0.0849. The van der Waals surface area contributed by atoms with Gasteiger partial charge in [-0.3, -0.25) is 0 Å². The van der Waals surface area contributed by atoms with Crippen molar-refractivity contribution >= 4 is 6.09 Å². The maximum atomic E-state index is 12.9. The van der Waals surface area contributed by atoms with Crippen LogP contribution in [0.15, 0.2) is 24.3 Å². The van der Waals surface area contributed by atoms with Gasteiger partial charge in [0.05, 0.1) is 5.56 Å². The molecule has 0 radical (unpaired) electrons. The number of alkyl halides is 3. The second kappa shape index (κ2) is 8.37. The Bertz CT molecular complexity index is 539. The zero-order chi connectivity index (χ0) is 18.4. The maximum Gasteiger partial charge on any atom is 0.416 e. The molecule has 24 heavy (non-hydrogen) atoms. The number of nitrogens with zero attached hydrogens (tertiary/aromatic N) is 1. The summed E-state index contributed by atoms with van der Waals surface area (Å²) in [4.78, 5) is 13.5. The third kappa shape index (κ3) is 6.78. The number of halogens is 3. The highest BCUT2D eigenvalue weighted by Crippen LogP contribution is 2.31. The average Bonchev–Trinajstić information content (AvgIpc) is 2.44. The summed E-state index contributed by atoms with van der Waals surface area (Å²) in [6, 6.07) is 5.45. The zero-order valence-corrected chi connectivity index (χ0v) is 14.5. The van der Waals surface area contributed by atoms with Gasteiger partial charge in [-0.15, -0.1) is 0 Å². The molecule has 7 heteroatoms. The molecule has 0 saturated carbocycles. The van der Waals surface area contributed by atoms with E-state index in [4.69, 9.17) is 4.74 Å². The Hall–Kier alpha value is -1.76. The monoisotopic (exact) mass is 346 g/mol. The second-order valence-corrected chi connectivity index (χ2v) is 6.39. The Balaban J connectivity index is 2.52. The molecular formula is C17H25F3N2O2. The van der Waals surface area contributed by atoms with Crippen LogP contribution in [0, 0.1) is 0 Å². The quantitative estimate of drug-likeness (QED) is 0.790. The number of nitrogens with one attached hydrogen (secondary N) is 1. The van der Waals surface area contributed by atoms with Crippen LogP contribution in [0.4, 0.5) is 18.0 Å². The van der Waals surface area contributed by atoms with Crippen molar-refractivity contribution < 1.29 is 22.7 Å². The lowest BCUT2D eigenvalue weighted by Crippen LogP contribution is -2.40. The van der Waals surface area contributed by atoms with E-state index >= 15 is 0 Å². The number of hydrogen-bond acceptors (Lipinski definition) is 3. The van der Waals surface area contributed by atoms with Gasteiger partial charge in [0.1, 0.15) is 5.60 Å². The van der Waals surface area contributed by atoms with E-state index in [9.17, 15) is 18.0 Å². The van der Waals surface area contributed by atoms with Gasteiger partial charge in [-0.25, -0.2) is 4.79 Å². The fraction of sp³-hybridized carbons (Fsp3) is 0.588. The standard InChI is InChI=1S/C17H25F3N2O2/c1-5-22(15(23)24-16(2,3)4)11-10-21-12-13-8-6-7-9-14(13)17(18,19)20/h6-9,21H,5,10-12H2,1-4H3. The molecule has 0 aliphatic heterocycles. The SMILES string of the molecule is CCN(CCNCc1ccccc1C(F)(F)F)C(=O)OC(C)(C)C. The summed E-state index contributed by atoms with van der Waals surface area (Å²) in [5.41, 5.74) is -1.04. The molecule has 136 valence electrons. The Morgan fingerprint density at radius 3 is 2.38 bits per heavy atom. The van der Waals surface area contributed by atoms with E-state index in [0.717, 1.165) is 6.07 Å². The van der Waals surface area contributed by atoms with Crippen LogP contribution in [-0.2, 0) is 17.5 Å². The lowest BCUT2D eigenvalue weighted by molar-refractivity contribution is -0.138. The van der Waals surface area contributed by atoms with Gasteiger partial charge in [0, 0.05) is 26.2 Å². The predicted molar refractivity (Wildman–Crippen MR) is 86.6 cm³/mol. The van der Waals surface area contributed by atoms with Gasteiger partial charge in [-0.1, -0.05) is 18.2 Å². The maximum absolute atomic E-state index is 12.9. The van der Waals surface area contributed by atoms with Crippen molar-refractivity contribution in [3.05, 3.63) is 35.4 Å². The van der Waals surface area contributed by atoms with E-state index in [-0.39, 0.29) is 12.1 Å². The van der Waals surface area contributed by atoms with Gasteiger partial charge in [-0.2, -0.15) is 13.2 Å². The Labute approximate surface area is 141 Å². The van der Waals surface area contributed by atoms with Crippen LogP contribution in [0.2, 0.25) is 0 Å². The number of amides is 1. The topological polar surface area (TPSA) is 41.6 Å². The van der Waals surface area contributed by atoms with Crippen LogP contribution in [0.25, 0.3) is 0 Å². The number of ether oxygens (including phenoxy) is 1. The van der Waals surface area contributed by atoms with Crippen molar-refractivity contribution in [3.63, 3.8) is 0 Å². The normalized spacial score (nSPS) is 12.1. The molecule has 1 rings (SSSR count). The van der Waals surface area contributed by atoms with Gasteiger partial charge in [0.2, 0.25) is 0 Å². The van der Waals surface area contributed by atoms with Gasteiger partial charge >= 0.3 is 12.3 Å². The largest absolute Gasteiger partial charge is 0.444 e. The van der Waals surface area contributed by atoms with E-state index in [2.05, 4.69) is 5.32 Å². The zero-order valence-electron chi connectivity index (χ0n) is 14.5. The summed E-state index contributed by atoms with van der Waals surface area (Å²) in [6.45, 7) is 8.46. The summed E-state index contributed by atoms with van der Waals surface area (Å²) < 4.78 is 44.0. The van der Waals surface area contributed by atoms with Crippen LogP contribution in [0.5, 0.6) is 0 Å². The van der Waals surface area contributed by atoms with Gasteiger partial charge in [0.15, 0.2) is 0 Å². The van der Waals surface area contributed by atoms with E-state index < -0.39 is 23.4 Å². The molecule has 1 aromatic rings. The molecule has 0 unspecified atom stereocenters. The highest BCUT2D eigenvalue weighted by Gasteiger charge is 2.32. The summed E-state index contributed by atoms with van der Waals surface area (Å²) in [5, 5.41) is 2.95. The lowest BCUT2D eigenvalue weighted by Gasteiger charge is -2.26. The molecule has 1 amide bonds. The lowest BCUT2D eigenvalue weighted by atomic mass is 10.1. The van der Waals surface area contributed by atoms with Crippen molar-refractivity contribution in [2.45, 2.75) is 46.0 Å². The number of hydrogen-bond donors (Lipinski definition) is 1. The first-order chi connectivity index (χ1) is 11.0. The summed E-state index contributed by atoms with van der Waals surface area (Å²) in [5.74, 6) is 0. The van der Waals surface area contributed by atoms with Gasteiger partial charge in [0.25, 0.3) is 0 Å². The van der Waals surface area contributed by atoms with Crippen LogP contribution in [-0.4, -0.2) is 36.2 Å².